The highest BCUT2D eigenvalue weighted by Crippen LogP contribution is 2.33. The van der Waals surface area contributed by atoms with Crippen LogP contribution in [0.2, 0.25) is 0 Å². The van der Waals surface area contributed by atoms with Crippen LogP contribution >= 0.6 is 0 Å². The maximum Gasteiger partial charge on any atom is 0.416 e. The minimum atomic E-state index is -4.39. The lowest BCUT2D eigenvalue weighted by Crippen LogP contribution is -2.06. The van der Waals surface area contributed by atoms with Gasteiger partial charge in [0.25, 0.3) is 0 Å². The lowest BCUT2D eigenvalue weighted by molar-refractivity contribution is -0.137. The van der Waals surface area contributed by atoms with Crippen molar-refractivity contribution in [1.82, 2.24) is 14.8 Å². The first kappa shape index (κ1) is 18.0. The van der Waals surface area contributed by atoms with Crippen molar-refractivity contribution in [2.24, 2.45) is 7.05 Å². The van der Waals surface area contributed by atoms with Crippen molar-refractivity contribution in [3.05, 3.63) is 47.3 Å². The third kappa shape index (κ3) is 3.31. The van der Waals surface area contributed by atoms with Gasteiger partial charge in [-0.3, -0.25) is 4.98 Å². The number of methoxy groups -OCH3 is 1. The second-order valence-electron chi connectivity index (χ2n) is 5.85. The second-order valence-corrected chi connectivity index (χ2v) is 5.85. The Labute approximate surface area is 148 Å². The molecule has 1 aromatic carbocycles. The van der Waals surface area contributed by atoms with E-state index in [1.54, 1.807) is 17.9 Å². The Morgan fingerprint density at radius 2 is 2.00 bits per heavy atom. The standard InChI is InChI=1S/C18H19F3N4O/c1-4-14-13(17(26-3)25(2)24-14)10-23-15-7-8-22-16-9-11(18(19,20)21)5-6-12(15)16/h5-9H,4,10H2,1-3H3,(H,22,23). The minimum Gasteiger partial charge on any atom is -0.481 e. The molecule has 0 bridgehead atoms. The number of aryl methyl sites for hydroxylation is 2. The lowest BCUT2D eigenvalue weighted by atomic mass is 10.1. The minimum absolute atomic E-state index is 0.290. The molecular weight excluding hydrogens is 345 g/mol. The van der Waals surface area contributed by atoms with Gasteiger partial charge >= 0.3 is 6.18 Å². The second kappa shape index (κ2) is 6.86. The first-order valence-electron chi connectivity index (χ1n) is 8.13. The molecule has 0 unspecified atom stereocenters. The molecule has 8 heteroatoms. The molecule has 0 saturated carbocycles. The molecule has 3 aromatic rings. The van der Waals surface area contributed by atoms with Crippen molar-refractivity contribution in [3.63, 3.8) is 0 Å². The average Bonchev–Trinajstić information content (AvgIpc) is 2.93. The molecule has 3 rings (SSSR count). The van der Waals surface area contributed by atoms with Crippen molar-refractivity contribution in [1.29, 1.82) is 0 Å². The first-order valence-corrected chi connectivity index (χ1v) is 8.13. The predicted molar refractivity (Wildman–Crippen MR) is 93.2 cm³/mol. The van der Waals surface area contributed by atoms with Gasteiger partial charge in [-0.15, -0.1) is 0 Å². The van der Waals surface area contributed by atoms with Crippen LogP contribution in [-0.4, -0.2) is 21.9 Å². The molecule has 5 nitrogen and oxygen atoms in total. The maximum absolute atomic E-state index is 12.9. The Morgan fingerprint density at radius 1 is 1.23 bits per heavy atom. The van der Waals surface area contributed by atoms with Crippen LogP contribution in [0.1, 0.15) is 23.7 Å². The number of hydrogen-bond acceptors (Lipinski definition) is 4. The fourth-order valence-electron chi connectivity index (χ4n) is 2.98. The molecule has 0 aliphatic carbocycles. The van der Waals surface area contributed by atoms with Gasteiger partial charge < -0.3 is 10.1 Å². The Hall–Kier alpha value is -2.77. The van der Waals surface area contributed by atoms with Crippen molar-refractivity contribution in [3.8, 4) is 5.88 Å². The van der Waals surface area contributed by atoms with Gasteiger partial charge in [-0.1, -0.05) is 13.0 Å². The summed E-state index contributed by atoms with van der Waals surface area (Å²) in [4.78, 5) is 4.06. The molecule has 0 aliphatic heterocycles. The SMILES string of the molecule is CCc1nn(C)c(OC)c1CNc1ccnc2cc(C(F)(F)F)ccc12. The molecule has 0 spiro atoms. The average molecular weight is 364 g/mol. The number of fused-ring (bicyclic) bond motifs is 1. The third-order valence-electron chi connectivity index (χ3n) is 4.23. The van der Waals surface area contributed by atoms with Crippen molar-refractivity contribution >= 4 is 16.6 Å². The number of alkyl halides is 3. The molecule has 0 saturated heterocycles. The molecule has 0 amide bonds. The summed E-state index contributed by atoms with van der Waals surface area (Å²) in [7, 11) is 3.39. The first-order chi connectivity index (χ1) is 12.3. The van der Waals surface area contributed by atoms with E-state index in [9.17, 15) is 13.2 Å². The monoisotopic (exact) mass is 364 g/mol. The number of benzene rings is 1. The highest BCUT2D eigenvalue weighted by molar-refractivity contribution is 5.91. The van der Waals surface area contributed by atoms with Gasteiger partial charge in [0.1, 0.15) is 0 Å². The van der Waals surface area contributed by atoms with E-state index in [-0.39, 0.29) is 0 Å². The van der Waals surface area contributed by atoms with Crippen molar-refractivity contribution in [2.45, 2.75) is 26.1 Å². The Balaban J connectivity index is 1.93. The summed E-state index contributed by atoms with van der Waals surface area (Å²) in [6, 6.07) is 5.30. The molecular formula is C18H19F3N4O. The van der Waals surface area contributed by atoms with Gasteiger partial charge in [0.05, 0.1) is 29.4 Å². The summed E-state index contributed by atoms with van der Waals surface area (Å²) in [5.41, 5.74) is 2.12. The normalized spacial score (nSPS) is 11.8. The summed E-state index contributed by atoms with van der Waals surface area (Å²) in [6.45, 7) is 2.45. The van der Waals surface area contributed by atoms with Crippen molar-refractivity contribution < 1.29 is 17.9 Å². The number of anilines is 1. The molecule has 0 aliphatic rings. The van der Waals surface area contributed by atoms with Gasteiger partial charge in [-0.25, -0.2) is 4.68 Å². The zero-order valence-electron chi connectivity index (χ0n) is 14.7. The van der Waals surface area contributed by atoms with Crippen LogP contribution in [0.5, 0.6) is 5.88 Å². The number of nitrogens with one attached hydrogen (secondary N) is 1. The van der Waals surface area contributed by atoms with Crippen LogP contribution in [0.3, 0.4) is 0 Å². The van der Waals surface area contributed by atoms with Crippen LogP contribution < -0.4 is 10.1 Å². The molecule has 0 radical (unpaired) electrons. The Morgan fingerprint density at radius 3 is 2.65 bits per heavy atom. The summed E-state index contributed by atoms with van der Waals surface area (Å²) in [6.07, 6.45) is -2.15. The Kier molecular flexibility index (Phi) is 4.76. The van der Waals surface area contributed by atoms with Gasteiger partial charge in [0, 0.05) is 30.9 Å². The molecule has 26 heavy (non-hydrogen) atoms. The zero-order chi connectivity index (χ0) is 18.9. The number of aromatic nitrogens is 3. The molecule has 138 valence electrons. The zero-order valence-corrected chi connectivity index (χ0v) is 14.7. The smallest absolute Gasteiger partial charge is 0.416 e. The number of pyridine rings is 1. The van der Waals surface area contributed by atoms with Crippen molar-refractivity contribution in [2.75, 3.05) is 12.4 Å². The summed E-state index contributed by atoms with van der Waals surface area (Å²) < 4.78 is 45.8. The molecule has 2 aromatic heterocycles. The van der Waals surface area contributed by atoms with E-state index in [0.29, 0.717) is 29.0 Å². The Bertz CT molecular complexity index is 934. The van der Waals surface area contributed by atoms with Crippen LogP contribution in [-0.2, 0) is 26.2 Å². The highest BCUT2D eigenvalue weighted by Gasteiger charge is 2.30. The van der Waals surface area contributed by atoms with E-state index in [1.807, 2.05) is 14.0 Å². The fourth-order valence-corrected chi connectivity index (χ4v) is 2.98. The van der Waals surface area contributed by atoms with E-state index < -0.39 is 11.7 Å². The molecule has 0 fully saturated rings. The fraction of sp³-hybridized carbons (Fsp3) is 0.333. The topological polar surface area (TPSA) is 52.0 Å². The van der Waals surface area contributed by atoms with Crippen LogP contribution in [0, 0.1) is 0 Å². The number of halogens is 3. The third-order valence-corrected chi connectivity index (χ3v) is 4.23. The predicted octanol–water partition coefficient (Wildman–Crippen LogP) is 4.17. The van der Waals surface area contributed by atoms with E-state index in [1.165, 1.54) is 12.3 Å². The quantitative estimate of drug-likeness (QED) is 0.738. The number of rotatable bonds is 5. The van der Waals surface area contributed by atoms with Crippen LogP contribution in [0.4, 0.5) is 18.9 Å². The van der Waals surface area contributed by atoms with Crippen LogP contribution in [0.25, 0.3) is 10.9 Å². The van der Waals surface area contributed by atoms with E-state index in [2.05, 4.69) is 15.4 Å². The number of hydrogen-bond donors (Lipinski definition) is 1. The van der Waals surface area contributed by atoms with E-state index in [0.717, 1.165) is 29.8 Å². The maximum atomic E-state index is 12.9. The molecule has 1 N–H and O–H groups in total. The molecule has 0 atom stereocenters. The van der Waals surface area contributed by atoms with Gasteiger partial charge in [-0.05, 0) is 24.6 Å². The van der Waals surface area contributed by atoms with Gasteiger partial charge in [-0.2, -0.15) is 18.3 Å². The molecule has 2 heterocycles. The number of nitrogens with zero attached hydrogens (tertiary/aromatic N) is 3. The summed E-state index contributed by atoms with van der Waals surface area (Å²) >= 11 is 0. The van der Waals surface area contributed by atoms with Gasteiger partial charge in [0.2, 0.25) is 5.88 Å². The van der Waals surface area contributed by atoms with E-state index >= 15 is 0 Å². The van der Waals surface area contributed by atoms with Crippen LogP contribution in [0.15, 0.2) is 30.5 Å². The van der Waals surface area contributed by atoms with E-state index in [4.69, 9.17) is 4.74 Å². The number of ether oxygens (including phenoxy) is 1. The summed E-state index contributed by atoms with van der Waals surface area (Å²) in [5, 5.41) is 8.32. The highest BCUT2D eigenvalue weighted by atomic mass is 19.4. The lowest BCUT2D eigenvalue weighted by Gasteiger charge is -2.12. The largest absolute Gasteiger partial charge is 0.481 e. The summed E-state index contributed by atoms with van der Waals surface area (Å²) in [5.74, 6) is 0.659. The van der Waals surface area contributed by atoms with Gasteiger partial charge in [0.15, 0.2) is 0 Å².